The van der Waals surface area contributed by atoms with Gasteiger partial charge in [0.25, 0.3) is 0 Å². The van der Waals surface area contributed by atoms with E-state index in [1.54, 1.807) is 13.8 Å². The Morgan fingerprint density at radius 1 is 1.05 bits per heavy atom. The standard InChI is InChI=1S/C14H26N4O3/c1-5-15-14(21)16-12(19)11(4)17-6-8-18(9-7-17)13(20)10(2)3/h10-11H,5-9H2,1-4H3,(H2,15,16,19,21). The summed E-state index contributed by atoms with van der Waals surface area (Å²) in [5, 5.41) is 4.85. The molecule has 1 rings (SSSR count). The number of nitrogens with zero attached hydrogens (tertiary/aromatic N) is 2. The van der Waals surface area contributed by atoms with E-state index in [9.17, 15) is 14.4 Å². The third-order valence-corrected chi connectivity index (χ3v) is 3.62. The topological polar surface area (TPSA) is 81.8 Å². The molecule has 1 fully saturated rings. The fraction of sp³-hybridized carbons (Fsp3) is 0.786. The third kappa shape index (κ3) is 5.00. The number of nitrogens with one attached hydrogen (secondary N) is 2. The highest BCUT2D eigenvalue weighted by atomic mass is 16.2. The molecular weight excluding hydrogens is 272 g/mol. The van der Waals surface area contributed by atoms with Gasteiger partial charge in [-0.3, -0.25) is 19.8 Å². The summed E-state index contributed by atoms with van der Waals surface area (Å²) in [5.74, 6) is -0.173. The first-order chi connectivity index (χ1) is 9.86. The van der Waals surface area contributed by atoms with Crippen molar-refractivity contribution >= 4 is 17.8 Å². The molecule has 0 bridgehead atoms. The fourth-order valence-electron chi connectivity index (χ4n) is 2.28. The molecule has 7 nitrogen and oxygen atoms in total. The van der Waals surface area contributed by atoms with Crippen molar-refractivity contribution in [3.63, 3.8) is 0 Å². The van der Waals surface area contributed by atoms with Gasteiger partial charge in [0.15, 0.2) is 0 Å². The number of urea groups is 1. The lowest BCUT2D eigenvalue weighted by Crippen LogP contribution is -2.56. The van der Waals surface area contributed by atoms with Gasteiger partial charge in [-0.25, -0.2) is 4.79 Å². The van der Waals surface area contributed by atoms with Crippen LogP contribution in [0.3, 0.4) is 0 Å². The van der Waals surface area contributed by atoms with Crippen LogP contribution in [0.1, 0.15) is 27.7 Å². The van der Waals surface area contributed by atoms with E-state index in [1.807, 2.05) is 23.6 Å². The van der Waals surface area contributed by atoms with Gasteiger partial charge in [0.2, 0.25) is 11.8 Å². The van der Waals surface area contributed by atoms with Crippen LogP contribution in [0.5, 0.6) is 0 Å². The summed E-state index contributed by atoms with van der Waals surface area (Å²) in [6.45, 7) is 10.3. The normalized spacial score (nSPS) is 17.5. The van der Waals surface area contributed by atoms with Crippen molar-refractivity contribution < 1.29 is 14.4 Å². The molecule has 7 heteroatoms. The predicted molar refractivity (Wildman–Crippen MR) is 79.7 cm³/mol. The maximum atomic E-state index is 12.0. The average molecular weight is 298 g/mol. The van der Waals surface area contributed by atoms with E-state index in [4.69, 9.17) is 0 Å². The Labute approximate surface area is 126 Å². The minimum atomic E-state index is -0.469. The second kappa shape index (κ2) is 7.97. The van der Waals surface area contributed by atoms with Crippen LogP contribution in [0.25, 0.3) is 0 Å². The first kappa shape index (κ1) is 17.4. The van der Waals surface area contributed by atoms with Gasteiger partial charge >= 0.3 is 6.03 Å². The highest BCUT2D eigenvalue weighted by Gasteiger charge is 2.28. The van der Waals surface area contributed by atoms with E-state index in [0.29, 0.717) is 32.7 Å². The van der Waals surface area contributed by atoms with Gasteiger partial charge < -0.3 is 10.2 Å². The number of hydrogen-bond acceptors (Lipinski definition) is 4. The van der Waals surface area contributed by atoms with Crippen LogP contribution >= 0.6 is 0 Å². The van der Waals surface area contributed by atoms with E-state index in [0.717, 1.165) is 0 Å². The number of amides is 4. The molecule has 1 atom stereocenters. The summed E-state index contributed by atoms with van der Waals surface area (Å²) in [6.07, 6.45) is 0. The lowest BCUT2D eigenvalue weighted by Gasteiger charge is -2.38. The largest absolute Gasteiger partial charge is 0.340 e. The first-order valence-corrected chi connectivity index (χ1v) is 7.48. The zero-order chi connectivity index (χ0) is 16.0. The van der Waals surface area contributed by atoms with Gasteiger partial charge in [0.1, 0.15) is 0 Å². The van der Waals surface area contributed by atoms with Crippen LogP contribution in [0.4, 0.5) is 4.79 Å². The lowest BCUT2D eigenvalue weighted by atomic mass is 10.1. The van der Waals surface area contributed by atoms with Gasteiger partial charge in [-0.2, -0.15) is 0 Å². The Hall–Kier alpha value is -1.63. The van der Waals surface area contributed by atoms with E-state index in [1.165, 1.54) is 0 Å². The molecule has 0 spiro atoms. The van der Waals surface area contributed by atoms with Gasteiger partial charge in [-0.15, -0.1) is 0 Å². The number of rotatable bonds is 4. The van der Waals surface area contributed by atoms with Crippen LogP contribution in [0.15, 0.2) is 0 Å². The van der Waals surface area contributed by atoms with E-state index in [2.05, 4.69) is 10.6 Å². The summed E-state index contributed by atoms with van der Waals surface area (Å²) in [7, 11) is 0. The van der Waals surface area contributed by atoms with Crippen molar-refractivity contribution in [2.24, 2.45) is 5.92 Å². The molecule has 21 heavy (non-hydrogen) atoms. The smallest absolute Gasteiger partial charge is 0.321 e. The van der Waals surface area contributed by atoms with Crippen molar-refractivity contribution in [1.82, 2.24) is 20.4 Å². The van der Waals surface area contributed by atoms with Crippen molar-refractivity contribution in [2.75, 3.05) is 32.7 Å². The number of carbonyl (C=O) groups excluding carboxylic acids is 3. The summed E-state index contributed by atoms with van der Waals surface area (Å²) in [6, 6.07) is -0.855. The molecule has 1 aliphatic rings. The summed E-state index contributed by atoms with van der Waals surface area (Å²) in [5.41, 5.74) is 0. The molecule has 0 radical (unpaired) electrons. The molecule has 0 aromatic heterocycles. The van der Waals surface area contributed by atoms with Crippen molar-refractivity contribution in [3.8, 4) is 0 Å². The molecule has 0 aromatic rings. The highest BCUT2D eigenvalue weighted by Crippen LogP contribution is 2.09. The van der Waals surface area contributed by atoms with Gasteiger partial charge in [0.05, 0.1) is 6.04 Å². The third-order valence-electron chi connectivity index (χ3n) is 3.62. The molecule has 2 N–H and O–H groups in total. The fourth-order valence-corrected chi connectivity index (χ4v) is 2.28. The SMILES string of the molecule is CCNC(=O)NC(=O)C(C)N1CCN(C(=O)C(C)C)CC1. The zero-order valence-corrected chi connectivity index (χ0v) is 13.3. The number of imide groups is 1. The van der Waals surface area contributed by atoms with Crippen molar-refractivity contribution in [3.05, 3.63) is 0 Å². The van der Waals surface area contributed by atoms with Gasteiger partial charge in [0, 0.05) is 38.6 Å². The molecule has 1 saturated heterocycles. The van der Waals surface area contributed by atoms with Crippen LogP contribution in [-0.2, 0) is 9.59 Å². The van der Waals surface area contributed by atoms with E-state index in [-0.39, 0.29) is 23.8 Å². The average Bonchev–Trinajstić information content (AvgIpc) is 2.45. The molecule has 120 valence electrons. The van der Waals surface area contributed by atoms with Crippen LogP contribution in [0.2, 0.25) is 0 Å². The zero-order valence-electron chi connectivity index (χ0n) is 13.3. The molecule has 0 aliphatic carbocycles. The van der Waals surface area contributed by atoms with E-state index >= 15 is 0 Å². The molecule has 1 aliphatic heterocycles. The Morgan fingerprint density at radius 3 is 2.10 bits per heavy atom. The van der Waals surface area contributed by atoms with Crippen LogP contribution in [-0.4, -0.2) is 66.4 Å². The first-order valence-electron chi connectivity index (χ1n) is 7.48. The second-order valence-corrected chi connectivity index (χ2v) is 5.54. The maximum Gasteiger partial charge on any atom is 0.321 e. The Morgan fingerprint density at radius 2 is 1.62 bits per heavy atom. The minimum Gasteiger partial charge on any atom is -0.340 e. The number of piperazine rings is 1. The Kier molecular flexibility index (Phi) is 6.61. The predicted octanol–water partition coefficient (Wildman–Crippen LogP) is 0.0208. The molecule has 4 amide bonds. The number of hydrogen-bond donors (Lipinski definition) is 2. The monoisotopic (exact) mass is 298 g/mol. The molecule has 0 saturated carbocycles. The molecular formula is C14H26N4O3. The van der Waals surface area contributed by atoms with Crippen LogP contribution in [0, 0.1) is 5.92 Å². The molecule has 1 unspecified atom stereocenters. The summed E-state index contributed by atoms with van der Waals surface area (Å²) >= 11 is 0. The van der Waals surface area contributed by atoms with Gasteiger partial charge in [-0.05, 0) is 13.8 Å². The molecule has 0 aromatic carbocycles. The van der Waals surface area contributed by atoms with Gasteiger partial charge in [-0.1, -0.05) is 13.8 Å². The Balaban J connectivity index is 2.44. The molecule has 1 heterocycles. The number of carbonyl (C=O) groups is 3. The second-order valence-electron chi connectivity index (χ2n) is 5.54. The van der Waals surface area contributed by atoms with Crippen molar-refractivity contribution in [1.29, 1.82) is 0 Å². The summed E-state index contributed by atoms with van der Waals surface area (Å²) < 4.78 is 0. The highest BCUT2D eigenvalue weighted by molar-refractivity contribution is 5.96. The van der Waals surface area contributed by atoms with Crippen molar-refractivity contribution in [2.45, 2.75) is 33.7 Å². The maximum absolute atomic E-state index is 12.0. The minimum absolute atomic E-state index is 0.00462. The van der Waals surface area contributed by atoms with Crippen LogP contribution < -0.4 is 10.6 Å². The summed E-state index contributed by atoms with van der Waals surface area (Å²) in [4.78, 5) is 39.0. The lowest BCUT2D eigenvalue weighted by molar-refractivity contribution is -0.137. The quantitative estimate of drug-likeness (QED) is 0.767. The Bertz CT molecular complexity index is 390. The van der Waals surface area contributed by atoms with E-state index < -0.39 is 6.03 Å².